The molecule has 0 aliphatic heterocycles. The van der Waals surface area contributed by atoms with Crippen LogP contribution in [0.4, 0.5) is 4.79 Å². The van der Waals surface area contributed by atoms with Gasteiger partial charge in [-0.15, -0.1) is 0 Å². The molecule has 1 atom stereocenters. The third-order valence-electron chi connectivity index (χ3n) is 3.27. The van der Waals surface area contributed by atoms with Crippen LogP contribution in [-0.4, -0.2) is 47.4 Å². The molecule has 1 unspecified atom stereocenters. The number of benzene rings is 1. The predicted molar refractivity (Wildman–Crippen MR) is 92.4 cm³/mol. The van der Waals surface area contributed by atoms with Crippen LogP contribution in [-0.2, 0) is 11.3 Å². The van der Waals surface area contributed by atoms with Gasteiger partial charge in [0.15, 0.2) is 0 Å². The fourth-order valence-electron chi connectivity index (χ4n) is 2.15. The Morgan fingerprint density at radius 3 is 2.57 bits per heavy atom. The standard InChI is InChI=1S/C18H30N2O3/c1-14-8-6-7-9-16(14)12-19-10-11-20(13-15(2)21)17(22)23-18(3,4)5/h6-9,15,19,21H,10-13H2,1-5H3. The number of aliphatic hydroxyl groups is 1. The Morgan fingerprint density at radius 2 is 2.00 bits per heavy atom. The lowest BCUT2D eigenvalue weighted by molar-refractivity contribution is 0.0164. The maximum absolute atomic E-state index is 12.2. The second-order valence-corrected chi connectivity index (χ2v) is 6.88. The van der Waals surface area contributed by atoms with E-state index in [1.807, 2.05) is 32.9 Å². The number of carbonyl (C=O) groups is 1. The van der Waals surface area contributed by atoms with Crippen molar-refractivity contribution in [1.82, 2.24) is 10.2 Å². The number of nitrogens with one attached hydrogen (secondary N) is 1. The van der Waals surface area contributed by atoms with Gasteiger partial charge in [0.2, 0.25) is 0 Å². The molecule has 0 saturated heterocycles. The number of rotatable bonds is 7. The molecule has 1 aromatic carbocycles. The number of hydrogen-bond donors (Lipinski definition) is 2. The van der Waals surface area contributed by atoms with Gasteiger partial charge in [-0.2, -0.15) is 0 Å². The van der Waals surface area contributed by atoms with Gasteiger partial charge in [0.05, 0.1) is 6.10 Å². The van der Waals surface area contributed by atoms with Crippen LogP contribution in [0.15, 0.2) is 24.3 Å². The van der Waals surface area contributed by atoms with Gasteiger partial charge in [-0.1, -0.05) is 24.3 Å². The number of hydrogen-bond acceptors (Lipinski definition) is 4. The van der Waals surface area contributed by atoms with Crippen LogP contribution in [0, 0.1) is 6.92 Å². The molecule has 0 spiro atoms. The summed E-state index contributed by atoms with van der Waals surface area (Å²) in [6.45, 7) is 11.4. The Bertz CT molecular complexity index is 495. The first-order chi connectivity index (χ1) is 10.7. The van der Waals surface area contributed by atoms with Crippen molar-refractivity contribution in [2.24, 2.45) is 0 Å². The molecule has 1 aromatic rings. The molecule has 0 aliphatic carbocycles. The Morgan fingerprint density at radius 1 is 1.35 bits per heavy atom. The highest BCUT2D eigenvalue weighted by Crippen LogP contribution is 2.10. The van der Waals surface area contributed by atoms with Crippen molar-refractivity contribution in [2.75, 3.05) is 19.6 Å². The van der Waals surface area contributed by atoms with Crippen molar-refractivity contribution in [3.05, 3.63) is 35.4 Å². The second-order valence-electron chi connectivity index (χ2n) is 6.88. The molecule has 1 rings (SSSR count). The zero-order valence-electron chi connectivity index (χ0n) is 14.9. The van der Waals surface area contributed by atoms with Crippen molar-refractivity contribution in [1.29, 1.82) is 0 Å². The number of ether oxygens (including phenoxy) is 1. The van der Waals surface area contributed by atoms with Crippen molar-refractivity contribution in [3.8, 4) is 0 Å². The van der Waals surface area contributed by atoms with Gasteiger partial charge in [0.25, 0.3) is 0 Å². The molecule has 0 heterocycles. The number of nitrogens with zero attached hydrogens (tertiary/aromatic N) is 1. The quantitative estimate of drug-likeness (QED) is 0.758. The summed E-state index contributed by atoms with van der Waals surface area (Å²) in [5.41, 5.74) is 1.95. The van der Waals surface area contributed by atoms with Crippen molar-refractivity contribution in [2.45, 2.75) is 52.9 Å². The van der Waals surface area contributed by atoms with Gasteiger partial charge < -0.3 is 20.1 Å². The van der Waals surface area contributed by atoms with Crippen molar-refractivity contribution < 1.29 is 14.6 Å². The highest BCUT2D eigenvalue weighted by atomic mass is 16.6. The SMILES string of the molecule is Cc1ccccc1CNCCN(CC(C)O)C(=O)OC(C)(C)C. The highest BCUT2D eigenvalue weighted by molar-refractivity contribution is 5.68. The van der Waals surface area contributed by atoms with E-state index >= 15 is 0 Å². The van der Waals surface area contributed by atoms with E-state index in [0.717, 1.165) is 6.54 Å². The first-order valence-electron chi connectivity index (χ1n) is 8.10. The molecule has 130 valence electrons. The van der Waals surface area contributed by atoms with E-state index in [2.05, 4.69) is 24.4 Å². The van der Waals surface area contributed by atoms with E-state index in [0.29, 0.717) is 13.1 Å². The number of aliphatic hydroxyl groups excluding tert-OH is 1. The van der Waals surface area contributed by atoms with Crippen LogP contribution < -0.4 is 5.32 Å². The summed E-state index contributed by atoms with van der Waals surface area (Å²) in [7, 11) is 0. The molecule has 0 radical (unpaired) electrons. The van der Waals surface area contributed by atoms with Gasteiger partial charge in [-0.25, -0.2) is 4.79 Å². The molecule has 0 saturated carbocycles. The summed E-state index contributed by atoms with van der Waals surface area (Å²) in [6, 6.07) is 8.21. The van der Waals surface area contributed by atoms with E-state index in [9.17, 15) is 9.90 Å². The van der Waals surface area contributed by atoms with E-state index in [-0.39, 0.29) is 6.54 Å². The summed E-state index contributed by atoms with van der Waals surface area (Å²) < 4.78 is 5.38. The third kappa shape index (κ3) is 8.00. The minimum Gasteiger partial charge on any atom is -0.444 e. The van der Waals surface area contributed by atoms with E-state index < -0.39 is 17.8 Å². The molecular weight excluding hydrogens is 292 g/mol. The lowest BCUT2D eigenvalue weighted by atomic mass is 10.1. The Hall–Kier alpha value is -1.59. The molecule has 23 heavy (non-hydrogen) atoms. The van der Waals surface area contributed by atoms with Crippen LogP contribution in [0.1, 0.15) is 38.8 Å². The lowest BCUT2D eigenvalue weighted by Crippen LogP contribution is -2.43. The van der Waals surface area contributed by atoms with Gasteiger partial charge in [-0.3, -0.25) is 0 Å². The summed E-state index contributed by atoms with van der Waals surface area (Å²) >= 11 is 0. The summed E-state index contributed by atoms with van der Waals surface area (Å²) in [4.78, 5) is 13.7. The van der Waals surface area contributed by atoms with Crippen molar-refractivity contribution >= 4 is 6.09 Å². The van der Waals surface area contributed by atoms with Crippen LogP contribution in [0.5, 0.6) is 0 Å². The lowest BCUT2D eigenvalue weighted by Gasteiger charge is -2.28. The number of carbonyl (C=O) groups excluding carboxylic acids is 1. The zero-order valence-corrected chi connectivity index (χ0v) is 14.9. The van der Waals surface area contributed by atoms with Crippen LogP contribution >= 0.6 is 0 Å². The molecule has 0 aliphatic rings. The second kappa shape index (κ2) is 8.89. The third-order valence-corrected chi connectivity index (χ3v) is 3.27. The molecule has 5 nitrogen and oxygen atoms in total. The topological polar surface area (TPSA) is 61.8 Å². The van der Waals surface area contributed by atoms with Crippen LogP contribution in [0.2, 0.25) is 0 Å². The molecule has 2 N–H and O–H groups in total. The smallest absolute Gasteiger partial charge is 0.410 e. The Kier molecular flexibility index (Phi) is 7.52. The average molecular weight is 322 g/mol. The maximum Gasteiger partial charge on any atom is 0.410 e. The first kappa shape index (κ1) is 19.5. The van der Waals surface area contributed by atoms with E-state index in [1.54, 1.807) is 11.8 Å². The predicted octanol–water partition coefficient (Wildman–Crippen LogP) is 2.70. The fourth-order valence-corrected chi connectivity index (χ4v) is 2.15. The number of aryl methyl sites for hydroxylation is 1. The van der Waals surface area contributed by atoms with Crippen LogP contribution in [0.3, 0.4) is 0 Å². The van der Waals surface area contributed by atoms with Gasteiger partial charge >= 0.3 is 6.09 Å². The molecule has 0 aromatic heterocycles. The Balaban J connectivity index is 2.48. The largest absolute Gasteiger partial charge is 0.444 e. The molecular formula is C18H30N2O3. The monoisotopic (exact) mass is 322 g/mol. The summed E-state index contributed by atoms with van der Waals surface area (Å²) in [5, 5.41) is 12.9. The summed E-state index contributed by atoms with van der Waals surface area (Å²) in [5.74, 6) is 0. The first-order valence-corrected chi connectivity index (χ1v) is 8.10. The zero-order chi connectivity index (χ0) is 17.5. The highest BCUT2D eigenvalue weighted by Gasteiger charge is 2.22. The molecule has 1 amide bonds. The maximum atomic E-state index is 12.2. The van der Waals surface area contributed by atoms with E-state index in [4.69, 9.17) is 4.74 Å². The minimum absolute atomic E-state index is 0.265. The minimum atomic E-state index is -0.584. The average Bonchev–Trinajstić information content (AvgIpc) is 2.41. The molecule has 0 fully saturated rings. The molecule has 0 bridgehead atoms. The Labute approximate surface area is 139 Å². The molecule has 5 heteroatoms. The van der Waals surface area contributed by atoms with Gasteiger partial charge in [0.1, 0.15) is 5.60 Å². The normalized spacial score (nSPS) is 12.8. The van der Waals surface area contributed by atoms with E-state index in [1.165, 1.54) is 11.1 Å². The van der Waals surface area contributed by atoms with Crippen LogP contribution in [0.25, 0.3) is 0 Å². The number of amides is 1. The fraction of sp³-hybridized carbons (Fsp3) is 0.611. The summed E-state index contributed by atoms with van der Waals surface area (Å²) in [6.07, 6.45) is -0.977. The van der Waals surface area contributed by atoms with Gasteiger partial charge in [0, 0.05) is 26.2 Å². The van der Waals surface area contributed by atoms with Gasteiger partial charge in [-0.05, 0) is 45.7 Å². The van der Waals surface area contributed by atoms with Crippen molar-refractivity contribution in [3.63, 3.8) is 0 Å².